The molecule has 4 nitrogen and oxygen atoms in total. The Hall–Kier alpha value is -0.750. The fraction of sp³-hybridized carbons (Fsp3) is 0.636. The van der Waals surface area contributed by atoms with Gasteiger partial charge in [0.15, 0.2) is 5.13 Å². The first-order chi connectivity index (χ1) is 7.91. The smallest absolute Gasteiger partial charge is 0.233 e. The number of nitrogens with zero attached hydrogens (tertiary/aromatic N) is 2. The molecule has 0 aliphatic carbocycles. The van der Waals surface area contributed by atoms with Crippen molar-refractivity contribution >= 4 is 34.1 Å². The number of amides is 1. The largest absolute Gasteiger partial charge is 0.375 e. The summed E-state index contributed by atoms with van der Waals surface area (Å²) in [6.07, 6.45) is 1.72. The molecule has 96 valence electrons. The van der Waals surface area contributed by atoms with Gasteiger partial charge < -0.3 is 10.6 Å². The second-order valence-corrected chi connectivity index (χ2v) is 6.63. The number of aromatic nitrogens is 1. The predicted molar refractivity (Wildman–Crippen MR) is 74.4 cm³/mol. The average molecular weight is 273 g/mol. The summed E-state index contributed by atoms with van der Waals surface area (Å²) in [5, 5.41) is 0.546. The molecule has 0 aliphatic rings. The van der Waals surface area contributed by atoms with Gasteiger partial charge in [-0.1, -0.05) is 11.3 Å². The van der Waals surface area contributed by atoms with E-state index in [1.807, 2.05) is 32.6 Å². The highest BCUT2D eigenvalue weighted by atomic mass is 32.2. The Kier molecular flexibility index (Phi) is 5.27. The molecular weight excluding hydrogens is 254 g/mol. The number of thioether (sulfide) groups is 1. The molecule has 1 heterocycles. The maximum Gasteiger partial charge on any atom is 0.233 e. The third kappa shape index (κ3) is 4.20. The molecule has 0 aromatic carbocycles. The minimum absolute atomic E-state index is 0.159. The molecule has 0 fully saturated rings. The highest BCUT2D eigenvalue weighted by Crippen LogP contribution is 2.26. The van der Waals surface area contributed by atoms with Gasteiger partial charge in [-0.3, -0.25) is 4.79 Å². The summed E-state index contributed by atoms with van der Waals surface area (Å²) in [6.45, 7) is 8.14. The van der Waals surface area contributed by atoms with Crippen molar-refractivity contribution in [3.05, 3.63) is 6.20 Å². The van der Waals surface area contributed by atoms with Crippen LogP contribution in [0.3, 0.4) is 0 Å². The van der Waals surface area contributed by atoms with Crippen LogP contribution < -0.4 is 5.73 Å². The van der Waals surface area contributed by atoms with E-state index in [1.54, 1.807) is 6.20 Å². The first kappa shape index (κ1) is 14.3. The predicted octanol–water partition coefficient (Wildman–Crippen LogP) is 2.46. The lowest BCUT2D eigenvalue weighted by Gasteiger charge is -2.30. The molecule has 2 N–H and O–H groups in total. The molecule has 1 aromatic rings. The Balaban J connectivity index is 2.53. The van der Waals surface area contributed by atoms with Gasteiger partial charge in [0.25, 0.3) is 0 Å². The van der Waals surface area contributed by atoms with Crippen LogP contribution in [0.1, 0.15) is 27.7 Å². The zero-order valence-corrected chi connectivity index (χ0v) is 12.3. The molecule has 17 heavy (non-hydrogen) atoms. The number of carbonyl (C=O) groups is 1. The third-order valence-electron chi connectivity index (χ3n) is 2.24. The van der Waals surface area contributed by atoms with Crippen LogP contribution in [0.25, 0.3) is 0 Å². The number of nitrogens with two attached hydrogens (primary N) is 1. The minimum Gasteiger partial charge on any atom is -0.375 e. The van der Waals surface area contributed by atoms with Crippen LogP contribution in [0.5, 0.6) is 0 Å². The molecular formula is C11H19N3OS2. The van der Waals surface area contributed by atoms with Gasteiger partial charge in [0, 0.05) is 12.1 Å². The lowest BCUT2D eigenvalue weighted by molar-refractivity contribution is -0.131. The number of rotatable bonds is 5. The van der Waals surface area contributed by atoms with Crippen molar-refractivity contribution in [1.29, 1.82) is 0 Å². The fourth-order valence-electron chi connectivity index (χ4n) is 1.72. The lowest BCUT2D eigenvalue weighted by Crippen LogP contribution is -2.43. The van der Waals surface area contributed by atoms with Crippen molar-refractivity contribution in [3.8, 4) is 0 Å². The SMILES string of the molecule is CC(C)N(C(=O)CSc1cnc(N)s1)C(C)C. The van der Waals surface area contributed by atoms with Crippen LogP contribution in [-0.2, 0) is 4.79 Å². The monoisotopic (exact) mass is 273 g/mol. The number of carbonyl (C=O) groups excluding carboxylic acids is 1. The van der Waals surface area contributed by atoms with Gasteiger partial charge in [-0.2, -0.15) is 0 Å². The molecule has 0 saturated heterocycles. The minimum atomic E-state index is 0.159. The van der Waals surface area contributed by atoms with Crippen molar-refractivity contribution in [2.45, 2.75) is 44.0 Å². The van der Waals surface area contributed by atoms with Gasteiger partial charge in [0.1, 0.15) is 0 Å². The topological polar surface area (TPSA) is 59.2 Å². The van der Waals surface area contributed by atoms with Gasteiger partial charge in [0.2, 0.25) is 5.91 Å². The molecule has 0 atom stereocenters. The summed E-state index contributed by atoms with van der Waals surface area (Å²) in [7, 11) is 0. The molecule has 0 spiro atoms. The number of anilines is 1. The molecule has 0 bridgehead atoms. The van der Waals surface area contributed by atoms with Gasteiger partial charge in [-0.15, -0.1) is 11.8 Å². The van der Waals surface area contributed by atoms with E-state index >= 15 is 0 Å². The van der Waals surface area contributed by atoms with Gasteiger partial charge in [-0.25, -0.2) is 4.98 Å². The molecule has 1 aromatic heterocycles. The summed E-state index contributed by atoms with van der Waals surface area (Å²) < 4.78 is 0.989. The van der Waals surface area contributed by atoms with E-state index in [-0.39, 0.29) is 18.0 Å². The number of thiazole rings is 1. The van der Waals surface area contributed by atoms with Crippen molar-refractivity contribution in [2.75, 3.05) is 11.5 Å². The Bertz CT molecular complexity index is 369. The molecule has 1 rings (SSSR count). The Labute approximate surface area is 111 Å². The van der Waals surface area contributed by atoms with Gasteiger partial charge in [0.05, 0.1) is 16.2 Å². The van der Waals surface area contributed by atoms with Crippen LogP contribution in [0.15, 0.2) is 10.4 Å². The van der Waals surface area contributed by atoms with Crippen molar-refractivity contribution in [3.63, 3.8) is 0 Å². The first-order valence-electron chi connectivity index (χ1n) is 5.57. The lowest BCUT2D eigenvalue weighted by atomic mass is 10.2. The van der Waals surface area contributed by atoms with E-state index < -0.39 is 0 Å². The van der Waals surface area contributed by atoms with Gasteiger partial charge in [-0.05, 0) is 27.7 Å². The van der Waals surface area contributed by atoms with Gasteiger partial charge >= 0.3 is 0 Å². The standard InChI is InChI=1S/C11H19N3OS2/c1-7(2)14(8(3)4)9(15)6-16-10-5-13-11(12)17-10/h5,7-8H,6H2,1-4H3,(H2,12,13). The maximum absolute atomic E-state index is 12.1. The number of hydrogen-bond acceptors (Lipinski definition) is 5. The fourth-order valence-corrected chi connectivity index (χ4v) is 3.35. The second kappa shape index (κ2) is 6.26. The highest BCUT2D eigenvalue weighted by molar-refractivity contribution is 8.01. The number of hydrogen-bond donors (Lipinski definition) is 1. The molecule has 0 aliphatic heterocycles. The van der Waals surface area contributed by atoms with Crippen molar-refractivity contribution in [1.82, 2.24) is 9.88 Å². The Morgan fingerprint density at radius 2 is 2.06 bits per heavy atom. The van der Waals surface area contributed by atoms with Crippen LogP contribution >= 0.6 is 23.1 Å². The third-order valence-corrected chi connectivity index (χ3v) is 4.25. The molecule has 6 heteroatoms. The Morgan fingerprint density at radius 3 is 2.47 bits per heavy atom. The quantitative estimate of drug-likeness (QED) is 0.837. The van der Waals surface area contributed by atoms with E-state index in [4.69, 9.17) is 5.73 Å². The first-order valence-corrected chi connectivity index (χ1v) is 7.37. The van der Waals surface area contributed by atoms with E-state index in [2.05, 4.69) is 4.98 Å². The van der Waals surface area contributed by atoms with Crippen molar-refractivity contribution < 1.29 is 4.79 Å². The summed E-state index contributed by atoms with van der Waals surface area (Å²) in [5.41, 5.74) is 5.54. The van der Waals surface area contributed by atoms with Crippen LogP contribution in [0.2, 0.25) is 0 Å². The summed E-state index contributed by atoms with van der Waals surface area (Å²) in [6, 6.07) is 0.462. The summed E-state index contributed by atoms with van der Waals surface area (Å²) >= 11 is 2.91. The van der Waals surface area contributed by atoms with Crippen LogP contribution in [0.4, 0.5) is 5.13 Å². The average Bonchev–Trinajstić information content (AvgIpc) is 2.60. The second-order valence-electron chi connectivity index (χ2n) is 4.29. The molecule has 0 radical (unpaired) electrons. The van der Waals surface area contributed by atoms with E-state index in [0.29, 0.717) is 10.9 Å². The van der Waals surface area contributed by atoms with E-state index in [1.165, 1.54) is 23.1 Å². The Morgan fingerprint density at radius 1 is 1.47 bits per heavy atom. The zero-order valence-electron chi connectivity index (χ0n) is 10.6. The zero-order chi connectivity index (χ0) is 13.0. The maximum atomic E-state index is 12.1. The normalized spacial score (nSPS) is 11.2. The molecule has 1 amide bonds. The van der Waals surface area contributed by atoms with Crippen LogP contribution in [-0.4, -0.2) is 33.6 Å². The van der Waals surface area contributed by atoms with E-state index in [0.717, 1.165) is 4.21 Å². The summed E-state index contributed by atoms with van der Waals surface area (Å²) in [5.74, 6) is 0.602. The number of nitrogen functional groups attached to an aromatic ring is 1. The highest BCUT2D eigenvalue weighted by Gasteiger charge is 2.20. The van der Waals surface area contributed by atoms with Crippen molar-refractivity contribution in [2.24, 2.45) is 0 Å². The molecule has 0 saturated carbocycles. The van der Waals surface area contributed by atoms with E-state index in [9.17, 15) is 4.79 Å². The molecule has 0 unspecified atom stereocenters. The van der Waals surface area contributed by atoms with Crippen LogP contribution in [0, 0.1) is 0 Å². The summed E-state index contributed by atoms with van der Waals surface area (Å²) in [4.78, 5) is 17.9.